The fourth-order valence-corrected chi connectivity index (χ4v) is 4.97. The van der Waals surface area contributed by atoms with Crippen molar-refractivity contribution in [2.45, 2.75) is 30.7 Å². The highest BCUT2D eigenvalue weighted by Gasteiger charge is 2.41. The molecule has 2 saturated heterocycles. The van der Waals surface area contributed by atoms with Gasteiger partial charge in [0.05, 0.1) is 18.1 Å². The second kappa shape index (κ2) is 7.73. The topological polar surface area (TPSA) is 96.0 Å². The summed E-state index contributed by atoms with van der Waals surface area (Å²) in [6.45, 7) is 3.67. The average Bonchev–Trinajstić information content (AvgIpc) is 3.12. The number of benzene rings is 1. The van der Waals surface area contributed by atoms with Crippen molar-refractivity contribution >= 4 is 27.5 Å². The van der Waals surface area contributed by atoms with Crippen LogP contribution in [-0.4, -0.2) is 68.3 Å². The second-order valence-corrected chi connectivity index (χ2v) is 8.31. The lowest BCUT2D eigenvalue weighted by molar-refractivity contribution is -0.138. The van der Waals surface area contributed by atoms with Crippen LogP contribution >= 0.6 is 0 Å². The number of carbonyl (C=O) groups excluding carboxylic acids is 2. The maximum absolute atomic E-state index is 13.0. The van der Waals surface area contributed by atoms with E-state index in [0.29, 0.717) is 51.4 Å². The van der Waals surface area contributed by atoms with Gasteiger partial charge in [-0.15, -0.1) is 0 Å². The molecule has 1 aromatic rings. The summed E-state index contributed by atoms with van der Waals surface area (Å²) in [7, 11) is -3.77. The van der Waals surface area contributed by atoms with Gasteiger partial charge in [-0.25, -0.2) is 8.42 Å². The van der Waals surface area contributed by atoms with Gasteiger partial charge in [0, 0.05) is 32.2 Å². The molecule has 0 bridgehead atoms. The molecule has 1 N–H and O–H groups in total. The largest absolute Gasteiger partial charge is 0.378 e. The number of rotatable bonds is 4. The molecule has 0 spiro atoms. The highest BCUT2D eigenvalue weighted by molar-refractivity contribution is 7.89. The Kier molecular flexibility index (Phi) is 5.59. The Balaban J connectivity index is 1.78. The van der Waals surface area contributed by atoms with Crippen LogP contribution < -0.4 is 5.32 Å². The molecular weight excluding hydrogens is 358 g/mol. The molecule has 26 heavy (non-hydrogen) atoms. The van der Waals surface area contributed by atoms with Gasteiger partial charge in [-0.2, -0.15) is 4.31 Å². The lowest BCUT2D eigenvalue weighted by Crippen LogP contribution is -2.50. The van der Waals surface area contributed by atoms with Crippen molar-refractivity contribution in [2.75, 3.05) is 38.2 Å². The molecule has 8 nitrogen and oxygen atoms in total. The van der Waals surface area contributed by atoms with E-state index in [2.05, 4.69) is 5.32 Å². The third-order valence-corrected chi connectivity index (χ3v) is 6.52. The number of hydrogen-bond donors (Lipinski definition) is 1. The van der Waals surface area contributed by atoms with Crippen molar-refractivity contribution in [1.82, 2.24) is 9.21 Å². The minimum Gasteiger partial charge on any atom is -0.378 e. The number of anilines is 1. The number of carbonyl (C=O) groups is 2. The van der Waals surface area contributed by atoms with Gasteiger partial charge in [-0.3, -0.25) is 9.59 Å². The zero-order valence-corrected chi connectivity index (χ0v) is 15.5. The monoisotopic (exact) mass is 381 g/mol. The Hall–Kier alpha value is -1.97. The molecule has 3 rings (SSSR count). The number of ether oxygens (including phenoxy) is 1. The van der Waals surface area contributed by atoms with Crippen molar-refractivity contribution in [3.05, 3.63) is 24.3 Å². The lowest BCUT2D eigenvalue weighted by atomic mass is 10.2. The molecule has 2 aliphatic rings. The predicted octanol–water partition coefficient (Wildman–Crippen LogP) is 0.657. The van der Waals surface area contributed by atoms with E-state index in [0.717, 1.165) is 0 Å². The first kappa shape index (κ1) is 18.8. The molecule has 2 amide bonds. The summed E-state index contributed by atoms with van der Waals surface area (Å²) >= 11 is 0. The summed E-state index contributed by atoms with van der Waals surface area (Å²) in [5.74, 6) is -0.374. The molecule has 142 valence electrons. The number of hydrogen-bond acceptors (Lipinski definition) is 5. The van der Waals surface area contributed by atoms with E-state index in [1.165, 1.54) is 23.4 Å². The van der Waals surface area contributed by atoms with Crippen LogP contribution in [0.25, 0.3) is 0 Å². The van der Waals surface area contributed by atoms with E-state index in [1.54, 1.807) is 17.0 Å². The molecule has 0 unspecified atom stereocenters. The number of morpholine rings is 1. The molecule has 0 aromatic heterocycles. The molecular formula is C17H23N3O5S. The van der Waals surface area contributed by atoms with Crippen molar-refractivity contribution in [1.29, 1.82) is 0 Å². The van der Waals surface area contributed by atoms with Gasteiger partial charge in [0.15, 0.2) is 0 Å². The standard InChI is InChI=1S/C17H23N3O5S/c1-13(21)18-14-4-6-15(7-5-14)26(23,24)20-8-2-3-16(20)17(22)19-9-11-25-12-10-19/h4-7,16H,2-3,8-12H2,1H3,(H,18,21)/t16-/m1/s1. The summed E-state index contributed by atoms with van der Waals surface area (Å²) in [6.07, 6.45) is 1.18. The normalized spacial score (nSPS) is 21.6. The minimum atomic E-state index is -3.77. The van der Waals surface area contributed by atoms with E-state index in [1.807, 2.05) is 0 Å². The Labute approximate surface area is 153 Å². The lowest BCUT2D eigenvalue weighted by Gasteiger charge is -2.32. The van der Waals surface area contributed by atoms with Crippen molar-refractivity contribution in [3.63, 3.8) is 0 Å². The average molecular weight is 381 g/mol. The quantitative estimate of drug-likeness (QED) is 0.826. The SMILES string of the molecule is CC(=O)Nc1ccc(S(=O)(=O)N2CCC[C@@H]2C(=O)N2CCOCC2)cc1. The molecule has 0 saturated carbocycles. The van der Waals surface area contributed by atoms with Crippen LogP contribution in [0.1, 0.15) is 19.8 Å². The molecule has 0 aliphatic carbocycles. The zero-order chi connectivity index (χ0) is 18.7. The Morgan fingerprint density at radius 3 is 2.38 bits per heavy atom. The van der Waals surface area contributed by atoms with Gasteiger partial charge in [0.2, 0.25) is 21.8 Å². The molecule has 0 radical (unpaired) electrons. The third-order valence-electron chi connectivity index (χ3n) is 4.59. The molecule has 1 aromatic carbocycles. The van der Waals surface area contributed by atoms with Crippen LogP contribution in [0.15, 0.2) is 29.2 Å². The third kappa shape index (κ3) is 3.89. The Morgan fingerprint density at radius 1 is 1.12 bits per heavy atom. The summed E-state index contributed by atoms with van der Waals surface area (Å²) in [6, 6.07) is 5.34. The Morgan fingerprint density at radius 2 is 1.77 bits per heavy atom. The van der Waals surface area contributed by atoms with Crippen LogP contribution in [-0.2, 0) is 24.3 Å². The molecule has 9 heteroatoms. The first-order valence-corrected chi connectivity index (χ1v) is 10.1. The summed E-state index contributed by atoms with van der Waals surface area (Å²) in [5.41, 5.74) is 0.527. The number of nitrogens with one attached hydrogen (secondary N) is 1. The van der Waals surface area contributed by atoms with Gasteiger partial charge >= 0.3 is 0 Å². The molecule has 2 aliphatic heterocycles. The maximum atomic E-state index is 13.0. The summed E-state index contributed by atoms with van der Waals surface area (Å²) in [4.78, 5) is 25.7. The van der Waals surface area contributed by atoms with Crippen LogP contribution in [0.4, 0.5) is 5.69 Å². The fraction of sp³-hybridized carbons (Fsp3) is 0.529. The highest BCUT2D eigenvalue weighted by atomic mass is 32.2. The van der Waals surface area contributed by atoms with Gasteiger partial charge < -0.3 is 15.0 Å². The maximum Gasteiger partial charge on any atom is 0.243 e. The molecule has 1 atom stereocenters. The van der Waals surface area contributed by atoms with Crippen molar-refractivity contribution in [3.8, 4) is 0 Å². The van der Waals surface area contributed by atoms with E-state index >= 15 is 0 Å². The van der Waals surface area contributed by atoms with Gasteiger partial charge in [0.25, 0.3) is 0 Å². The zero-order valence-electron chi connectivity index (χ0n) is 14.7. The minimum absolute atomic E-state index is 0.119. The van der Waals surface area contributed by atoms with Gasteiger partial charge in [-0.05, 0) is 37.1 Å². The smallest absolute Gasteiger partial charge is 0.243 e. The van der Waals surface area contributed by atoms with Crippen molar-refractivity contribution < 1.29 is 22.7 Å². The number of nitrogens with zero attached hydrogens (tertiary/aromatic N) is 2. The first-order chi connectivity index (χ1) is 12.4. The van der Waals surface area contributed by atoms with Crippen LogP contribution in [0.5, 0.6) is 0 Å². The van der Waals surface area contributed by atoms with E-state index in [9.17, 15) is 18.0 Å². The Bertz CT molecular complexity index is 772. The van der Waals surface area contributed by atoms with Gasteiger partial charge in [-0.1, -0.05) is 0 Å². The van der Waals surface area contributed by atoms with Gasteiger partial charge in [0.1, 0.15) is 6.04 Å². The first-order valence-electron chi connectivity index (χ1n) is 8.65. The van der Waals surface area contributed by atoms with Crippen LogP contribution in [0.2, 0.25) is 0 Å². The van der Waals surface area contributed by atoms with Crippen molar-refractivity contribution in [2.24, 2.45) is 0 Å². The summed E-state index contributed by atoms with van der Waals surface area (Å²) < 4.78 is 32.6. The van der Waals surface area contributed by atoms with Crippen LogP contribution in [0.3, 0.4) is 0 Å². The highest BCUT2D eigenvalue weighted by Crippen LogP contribution is 2.28. The summed E-state index contributed by atoms with van der Waals surface area (Å²) in [5, 5.41) is 2.60. The second-order valence-electron chi connectivity index (χ2n) is 6.42. The van der Waals surface area contributed by atoms with E-state index < -0.39 is 16.1 Å². The van der Waals surface area contributed by atoms with Crippen LogP contribution in [0, 0.1) is 0 Å². The predicted molar refractivity (Wildman–Crippen MR) is 95.1 cm³/mol. The fourth-order valence-electron chi connectivity index (χ4n) is 3.32. The molecule has 2 heterocycles. The number of sulfonamides is 1. The van der Waals surface area contributed by atoms with E-state index in [4.69, 9.17) is 4.74 Å². The van der Waals surface area contributed by atoms with E-state index in [-0.39, 0.29) is 16.7 Å². The number of amides is 2. The molecule has 2 fully saturated rings.